The average molecular weight is 287 g/mol. The Hall–Kier alpha value is -1.79. The zero-order valence-electron chi connectivity index (χ0n) is 12.6. The molecule has 7 heteroatoms. The normalized spacial score (nSPS) is 12.4. The summed E-state index contributed by atoms with van der Waals surface area (Å²) in [6.45, 7) is 7.60. The minimum atomic E-state index is -1.06. The second-order valence-corrected chi connectivity index (χ2v) is 5.63. The van der Waals surface area contributed by atoms with Gasteiger partial charge in [-0.1, -0.05) is 13.3 Å². The molecule has 0 radical (unpaired) electrons. The van der Waals surface area contributed by atoms with Crippen LogP contribution in [0.4, 0.5) is 4.79 Å². The van der Waals surface area contributed by atoms with Crippen LogP contribution < -0.4 is 16.0 Å². The van der Waals surface area contributed by atoms with Crippen LogP contribution in [-0.2, 0) is 9.59 Å². The van der Waals surface area contributed by atoms with Crippen molar-refractivity contribution < 1.29 is 19.5 Å². The maximum absolute atomic E-state index is 11.5. The van der Waals surface area contributed by atoms with E-state index < -0.39 is 18.0 Å². The van der Waals surface area contributed by atoms with Crippen molar-refractivity contribution in [3.8, 4) is 0 Å². The quantitative estimate of drug-likeness (QED) is 0.556. The Labute approximate surface area is 119 Å². The Bertz CT molecular complexity index is 350. The molecule has 0 aromatic carbocycles. The van der Waals surface area contributed by atoms with Gasteiger partial charge in [0.1, 0.15) is 6.04 Å². The number of aliphatic carboxylic acids is 1. The fourth-order valence-electron chi connectivity index (χ4n) is 1.53. The maximum Gasteiger partial charge on any atom is 0.326 e. The van der Waals surface area contributed by atoms with E-state index in [1.807, 2.05) is 27.7 Å². The molecule has 0 unspecified atom stereocenters. The highest BCUT2D eigenvalue weighted by Gasteiger charge is 2.18. The molecule has 0 rings (SSSR count). The van der Waals surface area contributed by atoms with Crippen molar-refractivity contribution in [2.24, 2.45) is 0 Å². The summed E-state index contributed by atoms with van der Waals surface area (Å²) in [5.74, 6) is -1.23. The highest BCUT2D eigenvalue weighted by molar-refractivity contribution is 5.83. The third-order valence-electron chi connectivity index (χ3n) is 2.33. The Balaban J connectivity index is 3.99. The lowest BCUT2D eigenvalue weighted by molar-refractivity contribution is -0.139. The van der Waals surface area contributed by atoms with Gasteiger partial charge in [0.05, 0.1) is 0 Å². The maximum atomic E-state index is 11.5. The SMILES string of the molecule is CCC[C@H](NC(=O)NCCC(=O)NC(C)(C)C)C(=O)O. The van der Waals surface area contributed by atoms with Gasteiger partial charge in [-0.3, -0.25) is 4.79 Å². The van der Waals surface area contributed by atoms with E-state index in [0.717, 1.165) is 0 Å². The highest BCUT2D eigenvalue weighted by Crippen LogP contribution is 1.99. The first kappa shape index (κ1) is 18.2. The van der Waals surface area contributed by atoms with Gasteiger partial charge in [-0.15, -0.1) is 0 Å². The molecule has 20 heavy (non-hydrogen) atoms. The Morgan fingerprint density at radius 1 is 1.20 bits per heavy atom. The number of rotatable bonds is 7. The molecule has 0 aliphatic rings. The van der Waals surface area contributed by atoms with Crippen LogP contribution in [-0.4, -0.2) is 41.1 Å². The minimum Gasteiger partial charge on any atom is -0.480 e. The summed E-state index contributed by atoms with van der Waals surface area (Å²) in [5.41, 5.74) is -0.311. The molecule has 0 aromatic heterocycles. The van der Waals surface area contributed by atoms with Crippen molar-refractivity contribution >= 4 is 17.9 Å². The van der Waals surface area contributed by atoms with Crippen molar-refractivity contribution in [3.63, 3.8) is 0 Å². The molecule has 116 valence electrons. The van der Waals surface area contributed by atoms with Gasteiger partial charge in [0.15, 0.2) is 0 Å². The van der Waals surface area contributed by atoms with Crippen molar-refractivity contribution in [2.75, 3.05) is 6.54 Å². The number of carbonyl (C=O) groups is 3. The van der Waals surface area contributed by atoms with E-state index in [4.69, 9.17) is 5.11 Å². The van der Waals surface area contributed by atoms with Gasteiger partial charge in [0.25, 0.3) is 0 Å². The van der Waals surface area contributed by atoms with Crippen LogP contribution in [0.5, 0.6) is 0 Å². The summed E-state index contributed by atoms with van der Waals surface area (Å²) in [5, 5.41) is 16.5. The molecule has 3 amide bonds. The topological polar surface area (TPSA) is 108 Å². The van der Waals surface area contributed by atoms with E-state index in [0.29, 0.717) is 12.8 Å². The van der Waals surface area contributed by atoms with E-state index >= 15 is 0 Å². The molecule has 0 saturated heterocycles. The Morgan fingerprint density at radius 3 is 2.25 bits per heavy atom. The third kappa shape index (κ3) is 9.18. The van der Waals surface area contributed by atoms with E-state index in [1.165, 1.54) is 0 Å². The summed E-state index contributed by atoms with van der Waals surface area (Å²) in [6.07, 6.45) is 1.18. The van der Waals surface area contributed by atoms with Gasteiger partial charge in [-0.05, 0) is 27.2 Å². The van der Waals surface area contributed by atoms with Crippen molar-refractivity contribution in [1.29, 1.82) is 0 Å². The first-order valence-corrected chi connectivity index (χ1v) is 6.74. The van der Waals surface area contributed by atoms with Crippen molar-refractivity contribution in [1.82, 2.24) is 16.0 Å². The van der Waals surface area contributed by atoms with Crippen LogP contribution >= 0.6 is 0 Å². The Morgan fingerprint density at radius 2 is 1.80 bits per heavy atom. The number of carbonyl (C=O) groups excluding carboxylic acids is 2. The van der Waals surface area contributed by atoms with Crippen LogP contribution in [0.25, 0.3) is 0 Å². The molecule has 0 aliphatic carbocycles. The average Bonchev–Trinajstić information content (AvgIpc) is 2.25. The van der Waals surface area contributed by atoms with Crippen LogP contribution in [0, 0.1) is 0 Å². The summed E-state index contributed by atoms with van der Waals surface area (Å²) in [4.78, 5) is 33.8. The molecule has 1 atom stereocenters. The number of hydrogen-bond acceptors (Lipinski definition) is 3. The zero-order chi connectivity index (χ0) is 15.8. The zero-order valence-corrected chi connectivity index (χ0v) is 12.6. The summed E-state index contributed by atoms with van der Waals surface area (Å²) >= 11 is 0. The lowest BCUT2D eigenvalue weighted by Crippen LogP contribution is -2.47. The van der Waals surface area contributed by atoms with Gasteiger partial charge in [-0.2, -0.15) is 0 Å². The lowest BCUT2D eigenvalue weighted by Gasteiger charge is -2.20. The van der Waals surface area contributed by atoms with E-state index in [2.05, 4.69) is 16.0 Å². The standard InChI is InChI=1S/C13H25N3O4/c1-5-6-9(11(18)19)15-12(20)14-8-7-10(17)16-13(2,3)4/h9H,5-8H2,1-4H3,(H,16,17)(H,18,19)(H2,14,15,20)/t9-/m0/s1. The molecule has 4 N–H and O–H groups in total. The number of hydrogen-bond donors (Lipinski definition) is 4. The van der Waals surface area contributed by atoms with Crippen molar-refractivity contribution in [2.45, 2.75) is 58.5 Å². The van der Waals surface area contributed by atoms with Gasteiger partial charge >= 0.3 is 12.0 Å². The van der Waals surface area contributed by atoms with Crippen LogP contribution in [0.15, 0.2) is 0 Å². The fourth-order valence-corrected chi connectivity index (χ4v) is 1.53. The summed E-state index contributed by atoms with van der Waals surface area (Å²) in [6, 6.07) is -1.47. The van der Waals surface area contributed by atoms with Gasteiger partial charge in [0.2, 0.25) is 5.91 Å². The molecular formula is C13H25N3O4. The largest absolute Gasteiger partial charge is 0.480 e. The van der Waals surface area contributed by atoms with Crippen LogP contribution in [0.1, 0.15) is 47.0 Å². The molecule has 0 saturated carbocycles. The minimum absolute atomic E-state index is 0.149. The first-order valence-electron chi connectivity index (χ1n) is 6.74. The predicted octanol–water partition coefficient (Wildman–Crippen LogP) is 0.844. The lowest BCUT2D eigenvalue weighted by atomic mass is 10.1. The van der Waals surface area contributed by atoms with Crippen molar-refractivity contribution in [3.05, 3.63) is 0 Å². The molecule has 0 fully saturated rings. The summed E-state index contributed by atoms with van der Waals surface area (Å²) < 4.78 is 0. The van der Waals surface area contributed by atoms with Crippen LogP contribution in [0.2, 0.25) is 0 Å². The smallest absolute Gasteiger partial charge is 0.326 e. The number of urea groups is 1. The van der Waals surface area contributed by atoms with Gasteiger partial charge in [-0.25, -0.2) is 9.59 Å². The van der Waals surface area contributed by atoms with Gasteiger partial charge in [0, 0.05) is 18.5 Å². The van der Waals surface area contributed by atoms with Gasteiger partial charge < -0.3 is 21.1 Å². The molecular weight excluding hydrogens is 262 g/mol. The number of amides is 3. The highest BCUT2D eigenvalue weighted by atomic mass is 16.4. The molecule has 0 bridgehead atoms. The number of carboxylic acid groups (broad SMARTS) is 1. The second-order valence-electron chi connectivity index (χ2n) is 5.63. The number of carboxylic acids is 1. The molecule has 7 nitrogen and oxygen atoms in total. The molecule has 0 heterocycles. The predicted molar refractivity (Wildman–Crippen MR) is 75.4 cm³/mol. The molecule has 0 aliphatic heterocycles. The first-order chi connectivity index (χ1) is 9.15. The van der Waals surface area contributed by atoms with E-state index in [1.54, 1.807) is 0 Å². The second kappa shape index (κ2) is 8.39. The summed E-state index contributed by atoms with van der Waals surface area (Å²) in [7, 11) is 0. The Kier molecular flexibility index (Phi) is 7.64. The van der Waals surface area contributed by atoms with Crippen LogP contribution in [0.3, 0.4) is 0 Å². The number of nitrogens with one attached hydrogen (secondary N) is 3. The van der Waals surface area contributed by atoms with E-state index in [9.17, 15) is 14.4 Å². The molecule has 0 spiro atoms. The van der Waals surface area contributed by atoms with E-state index in [-0.39, 0.29) is 24.4 Å². The monoisotopic (exact) mass is 287 g/mol. The molecule has 0 aromatic rings. The fraction of sp³-hybridized carbons (Fsp3) is 0.769. The third-order valence-corrected chi connectivity index (χ3v) is 2.33.